The van der Waals surface area contributed by atoms with E-state index in [1.165, 1.54) is 18.4 Å². The maximum Gasteiger partial charge on any atom is 0.224 e. The first-order valence-corrected chi connectivity index (χ1v) is 6.83. The Bertz CT molecular complexity index is 733. The van der Waals surface area contributed by atoms with Crippen molar-refractivity contribution in [1.82, 2.24) is 0 Å². The van der Waals surface area contributed by atoms with E-state index in [1.807, 2.05) is 6.92 Å². The fourth-order valence-electron chi connectivity index (χ4n) is 2.54. The number of rotatable bonds is 3. The van der Waals surface area contributed by atoms with E-state index in [2.05, 4.69) is 5.32 Å². The highest BCUT2D eigenvalue weighted by atomic mass is 19.1. The molecule has 0 bridgehead atoms. The Morgan fingerprint density at radius 3 is 2.90 bits per heavy atom. The lowest BCUT2D eigenvalue weighted by Crippen LogP contribution is -2.20. The fraction of sp³-hybridized carbons (Fsp3) is 0.250. The standard InChI is InChI=1S/C16H14FNO3/c1-2-14-10(5-6-21-14)16(20)11-7-9-3-4-15(19)18-13(9)8-12(11)17/h5-8H,2-4H2,1H3,(H,18,19). The average Bonchev–Trinajstić information content (AvgIpc) is 2.94. The normalized spacial score (nSPS) is 13.7. The van der Waals surface area contributed by atoms with Crippen LogP contribution in [0.25, 0.3) is 0 Å². The number of benzene rings is 1. The summed E-state index contributed by atoms with van der Waals surface area (Å²) in [5, 5.41) is 2.62. The van der Waals surface area contributed by atoms with Crippen LogP contribution in [0.3, 0.4) is 0 Å². The Balaban J connectivity index is 2.03. The van der Waals surface area contributed by atoms with Gasteiger partial charge in [-0.2, -0.15) is 0 Å². The van der Waals surface area contributed by atoms with Gasteiger partial charge in [0.05, 0.1) is 17.4 Å². The first kappa shape index (κ1) is 13.5. The predicted octanol–water partition coefficient (Wildman–Crippen LogP) is 3.10. The van der Waals surface area contributed by atoms with E-state index >= 15 is 0 Å². The van der Waals surface area contributed by atoms with Crippen LogP contribution in [0.4, 0.5) is 10.1 Å². The molecular formula is C16H14FNO3. The first-order valence-electron chi connectivity index (χ1n) is 6.83. The molecule has 1 aliphatic rings. The molecule has 0 fully saturated rings. The molecule has 21 heavy (non-hydrogen) atoms. The molecule has 1 N–H and O–H groups in total. The van der Waals surface area contributed by atoms with E-state index in [4.69, 9.17) is 4.42 Å². The van der Waals surface area contributed by atoms with Crippen molar-refractivity contribution in [2.24, 2.45) is 0 Å². The van der Waals surface area contributed by atoms with Crippen LogP contribution in [0.1, 0.15) is 40.6 Å². The van der Waals surface area contributed by atoms with Gasteiger partial charge in [-0.3, -0.25) is 9.59 Å². The van der Waals surface area contributed by atoms with Crippen LogP contribution in [0.5, 0.6) is 0 Å². The van der Waals surface area contributed by atoms with Crippen molar-refractivity contribution in [2.45, 2.75) is 26.2 Å². The highest BCUT2D eigenvalue weighted by molar-refractivity contribution is 6.10. The van der Waals surface area contributed by atoms with Crippen LogP contribution in [-0.2, 0) is 17.6 Å². The van der Waals surface area contributed by atoms with Gasteiger partial charge in [-0.15, -0.1) is 0 Å². The number of halogens is 1. The lowest BCUT2D eigenvalue weighted by Gasteiger charge is -2.17. The zero-order valence-electron chi connectivity index (χ0n) is 11.5. The molecule has 1 aromatic heterocycles. The number of furan rings is 1. The van der Waals surface area contributed by atoms with Gasteiger partial charge >= 0.3 is 0 Å². The van der Waals surface area contributed by atoms with Crippen LogP contribution in [0.2, 0.25) is 0 Å². The van der Waals surface area contributed by atoms with Crippen molar-refractivity contribution in [3.63, 3.8) is 0 Å². The maximum atomic E-state index is 14.2. The second-order valence-electron chi connectivity index (χ2n) is 4.98. The van der Waals surface area contributed by atoms with Gasteiger partial charge in [-0.1, -0.05) is 6.92 Å². The van der Waals surface area contributed by atoms with Crippen LogP contribution in [0, 0.1) is 5.82 Å². The van der Waals surface area contributed by atoms with Crippen molar-refractivity contribution in [3.8, 4) is 0 Å². The molecule has 0 saturated heterocycles. The number of anilines is 1. The monoisotopic (exact) mass is 287 g/mol. The van der Waals surface area contributed by atoms with Gasteiger partial charge < -0.3 is 9.73 Å². The van der Waals surface area contributed by atoms with Gasteiger partial charge in [-0.25, -0.2) is 4.39 Å². The van der Waals surface area contributed by atoms with Gasteiger partial charge in [0.2, 0.25) is 5.91 Å². The molecule has 1 aromatic carbocycles. The Morgan fingerprint density at radius 2 is 2.14 bits per heavy atom. The molecule has 1 amide bonds. The molecule has 4 nitrogen and oxygen atoms in total. The zero-order chi connectivity index (χ0) is 15.0. The minimum absolute atomic E-state index is 0.0148. The molecule has 0 spiro atoms. The summed E-state index contributed by atoms with van der Waals surface area (Å²) in [6.45, 7) is 1.87. The smallest absolute Gasteiger partial charge is 0.224 e. The van der Waals surface area contributed by atoms with Gasteiger partial charge in [0, 0.05) is 18.5 Å². The number of aryl methyl sites for hydroxylation is 2. The molecule has 0 aliphatic carbocycles. The SMILES string of the molecule is CCc1occc1C(=O)c1cc2c(cc1F)NC(=O)CC2. The predicted molar refractivity (Wildman–Crippen MR) is 74.9 cm³/mol. The minimum Gasteiger partial charge on any atom is -0.469 e. The molecule has 3 rings (SSSR count). The molecule has 2 aromatic rings. The van der Waals surface area contributed by atoms with Gasteiger partial charge in [0.1, 0.15) is 11.6 Å². The number of fused-ring (bicyclic) bond motifs is 1. The third kappa shape index (κ3) is 2.35. The maximum absolute atomic E-state index is 14.2. The Kier molecular flexibility index (Phi) is 3.33. The fourth-order valence-corrected chi connectivity index (χ4v) is 2.54. The topological polar surface area (TPSA) is 59.3 Å². The molecular weight excluding hydrogens is 273 g/mol. The lowest BCUT2D eigenvalue weighted by atomic mass is 9.95. The summed E-state index contributed by atoms with van der Waals surface area (Å²) in [5.74, 6) is -0.614. The number of amides is 1. The molecule has 108 valence electrons. The van der Waals surface area contributed by atoms with E-state index in [-0.39, 0.29) is 11.5 Å². The van der Waals surface area contributed by atoms with Crippen molar-refractivity contribution in [2.75, 3.05) is 5.32 Å². The number of ketones is 1. The van der Waals surface area contributed by atoms with E-state index in [0.29, 0.717) is 36.3 Å². The molecule has 5 heteroatoms. The van der Waals surface area contributed by atoms with Crippen LogP contribution in [0.15, 0.2) is 28.9 Å². The summed E-state index contributed by atoms with van der Waals surface area (Å²) in [6, 6.07) is 4.30. The summed E-state index contributed by atoms with van der Waals surface area (Å²) in [4.78, 5) is 23.8. The second-order valence-corrected chi connectivity index (χ2v) is 4.98. The minimum atomic E-state index is -0.635. The number of nitrogens with one attached hydrogen (secondary N) is 1. The van der Waals surface area contributed by atoms with Crippen molar-refractivity contribution in [1.29, 1.82) is 0 Å². The second kappa shape index (κ2) is 5.16. The third-order valence-electron chi connectivity index (χ3n) is 3.64. The molecule has 0 saturated carbocycles. The van der Waals surface area contributed by atoms with E-state index in [9.17, 15) is 14.0 Å². The van der Waals surface area contributed by atoms with Gasteiger partial charge in [0.25, 0.3) is 0 Å². The van der Waals surface area contributed by atoms with E-state index in [1.54, 1.807) is 6.07 Å². The summed E-state index contributed by atoms with van der Waals surface area (Å²) in [6.07, 6.45) is 2.85. The van der Waals surface area contributed by atoms with Crippen molar-refractivity contribution in [3.05, 3.63) is 52.7 Å². The van der Waals surface area contributed by atoms with Crippen molar-refractivity contribution >= 4 is 17.4 Å². The van der Waals surface area contributed by atoms with Crippen LogP contribution < -0.4 is 5.32 Å². The quantitative estimate of drug-likeness (QED) is 0.882. The van der Waals surface area contributed by atoms with Crippen molar-refractivity contribution < 1.29 is 18.4 Å². The van der Waals surface area contributed by atoms with E-state index in [0.717, 1.165) is 5.56 Å². The summed E-state index contributed by atoms with van der Waals surface area (Å²) >= 11 is 0. The molecule has 0 radical (unpaired) electrons. The summed E-state index contributed by atoms with van der Waals surface area (Å²) < 4.78 is 19.4. The van der Waals surface area contributed by atoms with Crippen LogP contribution in [-0.4, -0.2) is 11.7 Å². The van der Waals surface area contributed by atoms with Gasteiger partial charge in [0.15, 0.2) is 5.78 Å². The van der Waals surface area contributed by atoms with E-state index < -0.39 is 11.6 Å². The molecule has 0 atom stereocenters. The number of hydrogen-bond acceptors (Lipinski definition) is 3. The number of carbonyl (C=O) groups excluding carboxylic acids is 2. The zero-order valence-corrected chi connectivity index (χ0v) is 11.5. The van der Waals surface area contributed by atoms with Crippen LogP contribution >= 0.6 is 0 Å². The Labute approximate surface area is 121 Å². The average molecular weight is 287 g/mol. The highest BCUT2D eigenvalue weighted by Crippen LogP contribution is 2.28. The highest BCUT2D eigenvalue weighted by Gasteiger charge is 2.23. The molecule has 2 heterocycles. The number of hydrogen-bond donors (Lipinski definition) is 1. The Morgan fingerprint density at radius 1 is 1.33 bits per heavy atom. The molecule has 0 unspecified atom stereocenters. The lowest BCUT2D eigenvalue weighted by molar-refractivity contribution is -0.116. The Hall–Kier alpha value is -2.43. The number of carbonyl (C=O) groups is 2. The molecule has 1 aliphatic heterocycles. The van der Waals surface area contributed by atoms with Gasteiger partial charge in [-0.05, 0) is 30.2 Å². The third-order valence-corrected chi connectivity index (χ3v) is 3.64. The summed E-state index contributed by atoms with van der Waals surface area (Å²) in [5.41, 5.74) is 1.63. The summed E-state index contributed by atoms with van der Waals surface area (Å²) in [7, 11) is 0. The first-order chi connectivity index (χ1) is 10.1. The largest absolute Gasteiger partial charge is 0.469 e.